The Kier molecular flexibility index (Phi) is 5.31. The maximum atomic E-state index is 11.2. The number of carboxylic acids is 1. The van der Waals surface area contributed by atoms with Gasteiger partial charge in [-0.1, -0.05) is 25.1 Å². The summed E-state index contributed by atoms with van der Waals surface area (Å²) in [6, 6.07) is 11.7. The van der Waals surface area contributed by atoms with Gasteiger partial charge in [-0.25, -0.2) is 4.98 Å². The number of anilines is 2. The average molecular weight is 350 g/mol. The molecule has 0 amide bonds. The molecule has 2 heterocycles. The Labute approximate surface area is 152 Å². The molecule has 6 heteroatoms. The van der Waals surface area contributed by atoms with Gasteiger partial charge in [0.2, 0.25) is 0 Å². The molecular weight excluding hydrogens is 328 g/mol. The van der Waals surface area contributed by atoms with Crippen LogP contribution in [0.2, 0.25) is 0 Å². The van der Waals surface area contributed by atoms with Crippen LogP contribution in [0.4, 0.5) is 11.5 Å². The van der Waals surface area contributed by atoms with E-state index in [1.807, 2.05) is 62.8 Å². The van der Waals surface area contributed by atoms with Gasteiger partial charge in [-0.2, -0.15) is 5.10 Å². The molecule has 2 aromatic heterocycles. The van der Waals surface area contributed by atoms with E-state index in [1.54, 1.807) is 10.9 Å². The number of aryl methyl sites for hydroxylation is 1. The van der Waals surface area contributed by atoms with E-state index in [2.05, 4.69) is 15.4 Å². The second-order valence-electron chi connectivity index (χ2n) is 6.25. The van der Waals surface area contributed by atoms with Crippen molar-refractivity contribution in [2.24, 2.45) is 7.05 Å². The second kappa shape index (κ2) is 7.82. The molecule has 0 spiro atoms. The third-order valence-electron chi connectivity index (χ3n) is 4.37. The number of benzene rings is 1. The molecule has 26 heavy (non-hydrogen) atoms. The first-order valence-electron chi connectivity index (χ1n) is 8.59. The molecule has 0 fully saturated rings. The Morgan fingerprint density at radius 1 is 1.31 bits per heavy atom. The number of aliphatic carboxylic acids is 1. The smallest absolute Gasteiger partial charge is 0.303 e. The molecule has 0 saturated heterocycles. The van der Waals surface area contributed by atoms with Crippen molar-refractivity contribution in [2.45, 2.75) is 25.7 Å². The first-order valence-corrected chi connectivity index (χ1v) is 8.59. The lowest BCUT2D eigenvalue weighted by molar-refractivity contribution is -0.137. The highest BCUT2D eigenvalue weighted by Crippen LogP contribution is 2.34. The molecule has 1 atom stereocenters. The molecule has 3 rings (SSSR count). The molecular formula is C20H22N4O2. The van der Waals surface area contributed by atoms with Crippen LogP contribution in [0.1, 0.15) is 31.2 Å². The van der Waals surface area contributed by atoms with Crippen LogP contribution in [-0.2, 0) is 11.8 Å². The van der Waals surface area contributed by atoms with E-state index >= 15 is 0 Å². The predicted octanol–water partition coefficient (Wildman–Crippen LogP) is 4.19. The predicted molar refractivity (Wildman–Crippen MR) is 101 cm³/mol. The van der Waals surface area contributed by atoms with Crippen molar-refractivity contribution in [3.05, 3.63) is 60.6 Å². The average Bonchev–Trinajstić information content (AvgIpc) is 3.06. The van der Waals surface area contributed by atoms with Gasteiger partial charge >= 0.3 is 5.97 Å². The van der Waals surface area contributed by atoms with E-state index in [9.17, 15) is 9.90 Å². The van der Waals surface area contributed by atoms with Gasteiger partial charge in [-0.05, 0) is 36.1 Å². The second-order valence-corrected chi connectivity index (χ2v) is 6.25. The fourth-order valence-corrected chi connectivity index (χ4v) is 3.01. The zero-order valence-electron chi connectivity index (χ0n) is 14.9. The Morgan fingerprint density at radius 3 is 2.77 bits per heavy atom. The summed E-state index contributed by atoms with van der Waals surface area (Å²) in [6.45, 7) is 2.01. The summed E-state index contributed by atoms with van der Waals surface area (Å²) >= 11 is 0. The highest BCUT2D eigenvalue weighted by Gasteiger charge is 2.16. The van der Waals surface area contributed by atoms with Crippen LogP contribution >= 0.6 is 0 Å². The maximum absolute atomic E-state index is 11.2. The van der Waals surface area contributed by atoms with Crippen LogP contribution in [0.25, 0.3) is 11.1 Å². The van der Waals surface area contributed by atoms with E-state index in [1.165, 1.54) is 0 Å². The van der Waals surface area contributed by atoms with Crippen molar-refractivity contribution < 1.29 is 9.90 Å². The van der Waals surface area contributed by atoms with E-state index in [0.717, 1.165) is 34.6 Å². The number of aromatic nitrogens is 3. The zero-order valence-corrected chi connectivity index (χ0v) is 14.9. The lowest BCUT2D eigenvalue weighted by Gasteiger charge is -2.17. The van der Waals surface area contributed by atoms with Crippen molar-refractivity contribution in [1.82, 2.24) is 14.8 Å². The van der Waals surface area contributed by atoms with E-state index in [-0.39, 0.29) is 12.3 Å². The summed E-state index contributed by atoms with van der Waals surface area (Å²) in [6.07, 6.45) is 6.38. The minimum absolute atomic E-state index is 0.0280. The molecule has 1 aromatic carbocycles. The van der Waals surface area contributed by atoms with Crippen LogP contribution in [0, 0.1) is 0 Å². The zero-order chi connectivity index (χ0) is 18.5. The number of hydrogen-bond acceptors (Lipinski definition) is 4. The monoisotopic (exact) mass is 350 g/mol. The summed E-state index contributed by atoms with van der Waals surface area (Å²) in [5.74, 6) is -0.0757. The van der Waals surface area contributed by atoms with E-state index in [0.29, 0.717) is 0 Å². The highest BCUT2D eigenvalue weighted by atomic mass is 16.4. The molecule has 0 saturated carbocycles. The number of rotatable bonds is 7. The van der Waals surface area contributed by atoms with Gasteiger partial charge in [0.25, 0.3) is 0 Å². The molecule has 0 aliphatic heterocycles. The summed E-state index contributed by atoms with van der Waals surface area (Å²) in [5, 5.41) is 16.8. The summed E-state index contributed by atoms with van der Waals surface area (Å²) in [7, 11) is 1.88. The largest absolute Gasteiger partial charge is 0.481 e. The summed E-state index contributed by atoms with van der Waals surface area (Å²) < 4.78 is 1.76. The van der Waals surface area contributed by atoms with E-state index < -0.39 is 5.97 Å². The Bertz CT molecular complexity index is 890. The van der Waals surface area contributed by atoms with Crippen molar-refractivity contribution in [3.8, 4) is 11.1 Å². The summed E-state index contributed by atoms with van der Waals surface area (Å²) in [5.41, 5.74) is 3.88. The number of pyridine rings is 1. The van der Waals surface area contributed by atoms with Gasteiger partial charge < -0.3 is 10.4 Å². The van der Waals surface area contributed by atoms with Crippen LogP contribution in [0.3, 0.4) is 0 Å². The first-order chi connectivity index (χ1) is 12.6. The lowest BCUT2D eigenvalue weighted by Crippen LogP contribution is -2.06. The minimum atomic E-state index is -0.785. The Morgan fingerprint density at radius 2 is 2.15 bits per heavy atom. The molecule has 6 nitrogen and oxygen atoms in total. The number of nitrogens with zero attached hydrogens (tertiary/aromatic N) is 3. The van der Waals surface area contributed by atoms with Crippen molar-refractivity contribution >= 4 is 17.5 Å². The quantitative estimate of drug-likeness (QED) is 0.668. The van der Waals surface area contributed by atoms with Gasteiger partial charge in [-0.3, -0.25) is 9.48 Å². The van der Waals surface area contributed by atoms with Crippen molar-refractivity contribution in [3.63, 3.8) is 0 Å². The van der Waals surface area contributed by atoms with Crippen LogP contribution < -0.4 is 5.32 Å². The third-order valence-corrected chi connectivity index (χ3v) is 4.37. The van der Waals surface area contributed by atoms with Gasteiger partial charge in [-0.15, -0.1) is 0 Å². The van der Waals surface area contributed by atoms with Crippen molar-refractivity contribution in [1.29, 1.82) is 0 Å². The molecule has 134 valence electrons. The number of nitrogens with one attached hydrogen (secondary N) is 1. The number of hydrogen-bond donors (Lipinski definition) is 2. The molecule has 2 N–H and O–H groups in total. The Hall–Kier alpha value is -3.15. The minimum Gasteiger partial charge on any atom is -0.481 e. The van der Waals surface area contributed by atoms with Gasteiger partial charge in [0.05, 0.1) is 12.6 Å². The fraction of sp³-hybridized carbons (Fsp3) is 0.250. The summed E-state index contributed by atoms with van der Waals surface area (Å²) in [4.78, 5) is 15.5. The van der Waals surface area contributed by atoms with Gasteiger partial charge in [0, 0.05) is 36.3 Å². The lowest BCUT2D eigenvalue weighted by atomic mass is 9.91. The first kappa shape index (κ1) is 17.7. The fourth-order valence-electron chi connectivity index (χ4n) is 3.01. The molecule has 0 aliphatic carbocycles. The van der Waals surface area contributed by atoms with Crippen LogP contribution in [0.15, 0.2) is 55.0 Å². The number of carboxylic acid groups (broad SMARTS) is 1. The Balaban J connectivity index is 2.02. The van der Waals surface area contributed by atoms with Crippen molar-refractivity contribution in [2.75, 3.05) is 5.32 Å². The van der Waals surface area contributed by atoms with Crippen LogP contribution in [0.5, 0.6) is 0 Å². The topological polar surface area (TPSA) is 80.0 Å². The normalized spacial score (nSPS) is 11.9. The maximum Gasteiger partial charge on any atom is 0.303 e. The third kappa shape index (κ3) is 4.08. The van der Waals surface area contributed by atoms with Gasteiger partial charge in [0.1, 0.15) is 5.82 Å². The molecule has 3 aromatic rings. The van der Waals surface area contributed by atoms with Crippen LogP contribution in [-0.4, -0.2) is 25.8 Å². The highest BCUT2D eigenvalue weighted by molar-refractivity contribution is 5.80. The SMILES string of the molecule is CCC(CC(=O)O)c1ccc(-c2cnn(C)c2)c(Nc2ccccn2)c1. The number of carbonyl (C=O) groups is 1. The molecule has 1 unspecified atom stereocenters. The molecule has 0 radical (unpaired) electrons. The van der Waals surface area contributed by atoms with Gasteiger partial charge in [0.15, 0.2) is 0 Å². The van der Waals surface area contributed by atoms with E-state index in [4.69, 9.17) is 0 Å². The standard InChI is InChI=1S/C20H22N4O2/c1-3-14(11-20(25)26)15-7-8-17(16-12-22-24(2)13-16)18(10-15)23-19-6-4-5-9-21-19/h4-10,12-14H,3,11H2,1-2H3,(H,21,23)(H,25,26). The molecule has 0 bridgehead atoms. The molecule has 0 aliphatic rings.